The van der Waals surface area contributed by atoms with Crippen molar-refractivity contribution in [3.63, 3.8) is 0 Å². The molecule has 0 spiro atoms. The number of benzene rings is 2. The number of ketones is 1. The second-order valence-electron chi connectivity index (χ2n) is 9.97. The maximum atomic E-state index is 14.9. The molecule has 0 unspecified atom stereocenters. The van der Waals surface area contributed by atoms with Gasteiger partial charge in [-0.1, -0.05) is 18.2 Å². The monoisotopic (exact) mass is 517 g/mol. The smallest absolute Gasteiger partial charge is 0.255 e. The van der Waals surface area contributed by atoms with Gasteiger partial charge in [-0.25, -0.2) is 13.8 Å². The summed E-state index contributed by atoms with van der Waals surface area (Å²) in [6, 6.07) is 12.3. The van der Waals surface area contributed by atoms with Gasteiger partial charge in [0.15, 0.2) is 11.7 Å². The summed E-state index contributed by atoms with van der Waals surface area (Å²) in [4.78, 5) is 31.3. The number of nitrogens with zero attached hydrogens (tertiary/aromatic N) is 3. The molecule has 1 fully saturated rings. The van der Waals surface area contributed by atoms with E-state index in [4.69, 9.17) is 9.40 Å². The molecule has 4 aromatic rings. The van der Waals surface area contributed by atoms with Crippen molar-refractivity contribution < 1.29 is 18.0 Å². The molecule has 38 heavy (non-hydrogen) atoms. The quantitative estimate of drug-likeness (QED) is 0.322. The minimum atomic E-state index is -0.756. The van der Waals surface area contributed by atoms with Crippen LogP contribution in [0.4, 0.5) is 8.78 Å². The molecule has 8 heteroatoms. The number of para-hydroxylation sites is 1. The number of piperidine rings is 1. The van der Waals surface area contributed by atoms with E-state index in [1.54, 1.807) is 23.8 Å². The van der Waals surface area contributed by atoms with Crippen LogP contribution >= 0.6 is 0 Å². The van der Waals surface area contributed by atoms with Gasteiger partial charge in [0.2, 0.25) is 0 Å². The number of halogens is 2. The molecule has 0 atom stereocenters. The van der Waals surface area contributed by atoms with Crippen molar-refractivity contribution in [1.82, 2.24) is 14.5 Å². The maximum Gasteiger partial charge on any atom is 0.255 e. The molecule has 0 aliphatic carbocycles. The Morgan fingerprint density at radius 3 is 2.42 bits per heavy atom. The molecule has 196 valence electrons. The Bertz CT molecular complexity index is 1550. The predicted molar refractivity (Wildman–Crippen MR) is 141 cm³/mol. The SMILES string of the molecule is CC(=O)CN1CCC(c2nc(-c3ccc(=O)n(-c4c(C)cccc4C)c3)c(-c3ccc(F)cc3F)o2)CC1. The number of hydrogen-bond donors (Lipinski definition) is 0. The van der Waals surface area contributed by atoms with E-state index in [9.17, 15) is 18.4 Å². The molecule has 6 nitrogen and oxygen atoms in total. The number of Topliss-reactive ketones (excluding diaryl/α,β-unsaturated/α-hetero) is 1. The first kappa shape index (κ1) is 25.7. The van der Waals surface area contributed by atoms with Gasteiger partial charge in [-0.05, 0) is 76.0 Å². The molecular weight excluding hydrogens is 488 g/mol. The zero-order valence-electron chi connectivity index (χ0n) is 21.6. The summed E-state index contributed by atoms with van der Waals surface area (Å²) < 4.78 is 36.4. The predicted octanol–water partition coefficient (Wildman–Crippen LogP) is 5.82. The van der Waals surface area contributed by atoms with Crippen LogP contribution in [0.1, 0.15) is 42.7 Å². The molecule has 0 bridgehead atoms. The van der Waals surface area contributed by atoms with Crippen LogP contribution in [-0.4, -0.2) is 39.9 Å². The van der Waals surface area contributed by atoms with Crippen LogP contribution in [0.15, 0.2) is 63.9 Å². The second kappa shape index (κ2) is 10.5. The molecule has 3 heterocycles. The van der Waals surface area contributed by atoms with Crippen LogP contribution in [-0.2, 0) is 4.79 Å². The van der Waals surface area contributed by atoms with Gasteiger partial charge in [-0.3, -0.25) is 19.1 Å². The van der Waals surface area contributed by atoms with Crippen LogP contribution in [0.5, 0.6) is 0 Å². The fourth-order valence-electron chi connectivity index (χ4n) is 5.20. The van der Waals surface area contributed by atoms with Crippen molar-refractivity contribution >= 4 is 5.78 Å². The average Bonchev–Trinajstić information content (AvgIpc) is 3.30. The van der Waals surface area contributed by atoms with Gasteiger partial charge in [0.25, 0.3) is 5.56 Å². The van der Waals surface area contributed by atoms with Crippen molar-refractivity contribution in [2.75, 3.05) is 19.6 Å². The summed E-state index contributed by atoms with van der Waals surface area (Å²) in [6.45, 7) is 7.31. The van der Waals surface area contributed by atoms with Gasteiger partial charge in [0.1, 0.15) is 23.1 Å². The largest absolute Gasteiger partial charge is 0.440 e. The van der Waals surface area contributed by atoms with Crippen molar-refractivity contribution in [2.24, 2.45) is 0 Å². The number of oxazole rings is 1. The van der Waals surface area contributed by atoms with Gasteiger partial charge in [0.05, 0.1) is 17.8 Å². The minimum Gasteiger partial charge on any atom is -0.440 e. The van der Waals surface area contributed by atoms with E-state index in [-0.39, 0.29) is 28.6 Å². The molecule has 2 aromatic carbocycles. The molecule has 5 rings (SSSR count). The zero-order chi connectivity index (χ0) is 27.0. The number of hydrogen-bond acceptors (Lipinski definition) is 5. The van der Waals surface area contributed by atoms with Crippen LogP contribution < -0.4 is 5.56 Å². The summed E-state index contributed by atoms with van der Waals surface area (Å²) >= 11 is 0. The van der Waals surface area contributed by atoms with Gasteiger partial charge in [0, 0.05) is 29.8 Å². The Morgan fingerprint density at radius 1 is 1.05 bits per heavy atom. The van der Waals surface area contributed by atoms with Crippen molar-refractivity contribution in [3.05, 3.63) is 93.7 Å². The topological polar surface area (TPSA) is 68.3 Å². The zero-order valence-corrected chi connectivity index (χ0v) is 21.6. The Kier molecular flexibility index (Phi) is 7.08. The first-order valence-corrected chi connectivity index (χ1v) is 12.7. The van der Waals surface area contributed by atoms with E-state index in [0.29, 0.717) is 23.7 Å². The first-order chi connectivity index (χ1) is 18.2. The molecule has 0 radical (unpaired) electrons. The molecule has 1 saturated heterocycles. The van der Waals surface area contributed by atoms with E-state index in [0.717, 1.165) is 48.8 Å². The van der Waals surface area contributed by atoms with Gasteiger partial charge < -0.3 is 4.42 Å². The van der Waals surface area contributed by atoms with Crippen molar-refractivity contribution in [2.45, 2.75) is 39.5 Å². The minimum absolute atomic E-state index is 0.0151. The highest BCUT2D eigenvalue weighted by Gasteiger charge is 2.28. The third kappa shape index (κ3) is 5.09. The van der Waals surface area contributed by atoms with Gasteiger partial charge >= 0.3 is 0 Å². The third-order valence-corrected chi connectivity index (χ3v) is 7.07. The normalized spacial score (nSPS) is 14.7. The van der Waals surface area contributed by atoms with E-state index in [2.05, 4.69) is 4.90 Å². The lowest BCUT2D eigenvalue weighted by Gasteiger charge is -2.29. The van der Waals surface area contributed by atoms with Gasteiger partial charge in [-0.2, -0.15) is 0 Å². The van der Waals surface area contributed by atoms with E-state index >= 15 is 0 Å². The second-order valence-corrected chi connectivity index (χ2v) is 9.97. The number of aryl methyl sites for hydroxylation is 2. The lowest BCUT2D eigenvalue weighted by molar-refractivity contribution is -0.118. The lowest BCUT2D eigenvalue weighted by atomic mass is 9.96. The fourth-order valence-corrected chi connectivity index (χ4v) is 5.20. The van der Waals surface area contributed by atoms with Crippen molar-refractivity contribution in [3.8, 4) is 28.3 Å². The Labute approximate surface area is 219 Å². The van der Waals surface area contributed by atoms with Crippen LogP contribution in [0.25, 0.3) is 28.3 Å². The average molecular weight is 518 g/mol. The fraction of sp³-hybridized carbons (Fsp3) is 0.300. The van der Waals surface area contributed by atoms with E-state index < -0.39 is 11.6 Å². The van der Waals surface area contributed by atoms with Crippen LogP contribution in [0.2, 0.25) is 0 Å². The molecular formula is C30H29F2N3O3. The number of pyridine rings is 1. The number of likely N-dealkylation sites (tertiary alicyclic amines) is 1. The van der Waals surface area contributed by atoms with Crippen LogP contribution in [0.3, 0.4) is 0 Å². The summed E-state index contributed by atoms with van der Waals surface area (Å²) in [7, 11) is 0. The highest BCUT2D eigenvalue weighted by molar-refractivity contribution is 5.78. The van der Waals surface area contributed by atoms with Crippen LogP contribution in [0, 0.1) is 25.5 Å². The van der Waals surface area contributed by atoms with Gasteiger partial charge in [-0.15, -0.1) is 0 Å². The first-order valence-electron chi connectivity index (χ1n) is 12.7. The Balaban J connectivity index is 1.61. The lowest BCUT2D eigenvalue weighted by Crippen LogP contribution is -2.36. The summed E-state index contributed by atoms with van der Waals surface area (Å²) in [5.74, 6) is -0.683. The molecule has 1 aliphatic rings. The summed E-state index contributed by atoms with van der Waals surface area (Å²) in [6.07, 6.45) is 3.17. The standard InChI is InChI=1S/C30H29F2N3O3/c1-18-5-4-6-19(2)28(18)35-17-22(7-10-26(35)37)27-29(24-9-8-23(31)15-25(24)32)38-30(33-27)21-11-13-34(14-12-21)16-20(3)36/h4-10,15,17,21H,11-14,16H2,1-3H3. The molecule has 1 aliphatic heterocycles. The molecule has 0 saturated carbocycles. The van der Waals surface area contributed by atoms with E-state index in [1.165, 1.54) is 18.2 Å². The number of aromatic nitrogens is 2. The number of carbonyl (C=O) groups is 1. The third-order valence-electron chi connectivity index (χ3n) is 7.07. The highest BCUT2D eigenvalue weighted by atomic mass is 19.1. The van der Waals surface area contributed by atoms with Crippen molar-refractivity contribution in [1.29, 1.82) is 0 Å². The maximum absolute atomic E-state index is 14.9. The summed E-state index contributed by atoms with van der Waals surface area (Å²) in [5.41, 5.74) is 3.50. The Hall–Kier alpha value is -3.91. The molecule has 0 amide bonds. The van der Waals surface area contributed by atoms with E-state index in [1.807, 2.05) is 32.0 Å². The summed E-state index contributed by atoms with van der Waals surface area (Å²) in [5, 5.41) is 0. The molecule has 0 N–H and O–H groups in total. The highest BCUT2D eigenvalue weighted by Crippen LogP contribution is 2.38. The molecule has 2 aromatic heterocycles. The number of carbonyl (C=O) groups excluding carboxylic acids is 1. The Morgan fingerprint density at radius 2 is 1.76 bits per heavy atom. The number of rotatable bonds is 6.